The molecule has 0 saturated carbocycles. The van der Waals surface area contributed by atoms with Crippen LogP contribution < -0.4 is 10.2 Å². The van der Waals surface area contributed by atoms with Crippen molar-refractivity contribution in [1.82, 2.24) is 5.32 Å². The molecule has 1 aromatic carbocycles. The molecule has 0 radical (unpaired) electrons. The molecule has 112 valence electrons. The van der Waals surface area contributed by atoms with E-state index >= 15 is 0 Å². The maximum Gasteiger partial charge on any atom is 0.251 e. The highest BCUT2D eigenvalue weighted by Gasteiger charge is 2.42. The highest BCUT2D eigenvalue weighted by molar-refractivity contribution is 5.94. The second-order valence-electron chi connectivity index (χ2n) is 6.21. The van der Waals surface area contributed by atoms with Gasteiger partial charge in [0.1, 0.15) is 11.9 Å². The van der Waals surface area contributed by atoms with Gasteiger partial charge in [0.05, 0.1) is 19.6 Å². The minimum absolute atomic E-state index is 0.184. The minimum atomic E-state index is -0.373. The first-order valence-corrected chi connectivity index (χ1v) is 7.68. The molecule has 0 spiro atoms. The zero-order valence-corrected chi connectivity index (χ0v) is 12.1. The van der Waals surface area contributed by atoms with E-state index in [1.807, 2.05) is 0 Å². The van der Waals surface area contributed by atoms with Crippen molar-refractivity contribution < 1.29 is 14.1 Å². The number of hydrogen-bond acceptors (Lipinski definition) is 1. The molecule has 21 heavy (non-hydrogen) atoms. The SMILES string of the molecule is C=C[C@H]1C[NH+]2CC[C@H]1C[C@@H]2CNC(=O)c1cccc(F)c1. The Morgan fingerprint density at radius 3 is 3.05 bits per heavy atom. The first-order valence-electron chi connectivity index (χ1n) is 7.68. The van der Waals surface area contributed by atoms with Crippen LogP contribution in [0.2, 0.25) is 0 Å². The van der Waals surface area contributed by atoms with Crippen LogP contribution in [-0.4, -0.2) is 31.6 Å². The highest BCUT2D eigenvalue weighted by atomic mass is 19.1. The first kappa shape index (κ1) is 14.3. The van der Waals surface area contributed by atoms with E-state index in [0.29, 0.717) is 24.1 Å². The van der Waals surface area contributed by atoms with Crippen LogP contribution in [0.15, 0.2) is 36.9 Å². The lowest BCUT2D eigenvalue weighted by molar-refractivity contribution is -0.944. The predicted octanol–water partition coefficient (Wildman–Crippen LogP) is 1.03. The number of carbonyl (C=O) groups is 1. The molecule has 3 aliphatic rings. The van der Waals surface area contributed by atoms with Crippen molar-refractivity contribution in [2.75, 3.05) is 19.6 Å². The number of benzene rings is 1. The molecule has 3 heterocycles. The van der Waals surface area contributed by atoms with Crippen LogP contribution >= 0.6 is 0 Å². The number of carbonyl (C=O) groups excluding carboxylic acids is 1. The van der Waals surface area contributed by atoms with Crippen molar-refractivity contribution in [3.63, 3.8) is 0 Å². The predicted molar refractivity (Wildman–Crippen MR) is 79.6 cm³/mol. The van der Waals surface area contributed by atoms with Gasteiger partial charge in [-0.2, -0.15) is 0 Å². The summed E-state index contributed by atoms with van der Waals surface area (Å²) in [4.78, 5) is 13.6. The highest BCUT2D eigenvalue weighted by Crippen LogP contribution is 2.27. The molecule has 4 atom stereocenters. The summed E-state index contributed by atoms with van der Waals surface area (Å²) in [5, 5.41) is 2.96. The van der Waals surface area contributed by atoms with Gasteiger partial charge < -0.3 is 10.2 Å². The second kappa shape index (κ2) is 5.98. The lowest BCUT2D eigenvalue weighted by atomic mass is 9.75. The van der Waals surface area contributed by atoms with Crippen molar-refractivity contribution in [3.8, 4) is 0 Å². The number of hydrogen-bond donors (Lipinski definition) is 2. The fourth-order valence-electron chi connectivity index (χ4n) is 3.80. The maximum absolute atomic E-state index is 13.1. The number of fused-ring (bicyclic) bond motifs is 3. The fourth-order valence-corrected chi connectivity index (χ4v) is 3.80. The Labute approximate surface area is 124 Å². The van der Waals surface area contributed by atoms with E-state index in [1.54, 1.807) is 17.0 Å². The Hall–Kier alpha value is -1.68. The molecular weight excluding hydrogens is 267 g/mol. The normalized spacial score (nSPS) is 30.9. The van der Waals surface area contributed by atoms with Crippen LogP contribution in [0.4, 0.5) is 4.39 Å². The van der Waals surface area contributed by atoms with Crippen LogP contribution in [0, 0.1) is 17.7 Å². The number of nitrogens with one attached hydrogen (secondary N) is 2. The molecule has 0 aliphatic carbocycles. The van der Waals surface area contributed by atoms with E-state index in [2.05, 4.69) is 18.0 Å². The van der Waals surface area contributed by atoms with E-state index < -0.39 is 0 Å². The Balaban J connectivity index is 1.56. The molecule has 0 aromatic heterocycles. The molecule has 1 aromatic rings. The largest absolute Gasteiger partial charge is 0.346 e. The monoisotopic (exact) mass is 289 g/mol. The Bertz CT molecular complexity index is 545. The van der Waals surface area contributed by atoms with Crippen molar-refractivity contribution in [1.29, 1.82) is 0 Å². The molecule has 3 aliphatic heterocycles. The number of piperidine rings is 3. The molecule has 2 N–H and O–H groups in total. The van der Waals surface area contributed by atoms with E-state index in [4.69, 9.17) is 0 Å². The molecular formula is C17H22FN2O+. The molecule has 2 bridgehead atoms. The number of amides is 1. The summed E-state index contributed by atoms with van der Waals surface area (Å²) in [7, 11) is 0. The summed E-state index contributed by atoms with van der Waals surface area (Å²) in [6.45, 7) is 6.93. The van der Waals surface area contributed by atoms with Gasteiger partial charge in [0.15, 0.2) is 0 Å². The lowest BCUT2D eigenvalue weighted by Crippen LogP contribution is -3.20. The van der Waals surface area contributed by atoms with Crippen LogP contribution in [0.25, 0.3) is 0 Å². The molecule has 3 saturated heterocycles. The van der Waals surface area contributed by atoms with E-state index in [0.717, 1.165) is 18.9 Å². The quantitative estimate of drug-likeness (QED) is 0.798. The molecule has 3 fully saturated rings. The maximum atomic E-state index is 13.1. The summed E-state index contributed by atoms with van der Waals surface area (Å²) in [6, 6.07) is 6.32. The zero-order chi connectivity index (χ0) is 14.8. The first-order chi connectivity index (χ1) is 10.2. The summed E-state index contributed by atoms with van der Waals surface area (Å²) >= 11 is 0. The summed E-state index contributed by atoms with van der Waals surface area (Å²) < 4.78 is 13.1. The third-order valence-electron chi connectivity index (χ3n) is 5.00. The molecule has 1 amide bonds. The van der Waals surface area contributed by atoms with Crippen LogP contribution in [-0.2, 0) is 0 Å². The summed E-state index contributed by atoms with van der Waals surface area (Å²) in [5.74, 6) is 0.791. The molecule has 1 unspecified atom stereocenters. The molecule has 4 rings (SSSR count). The van der Waals surface area contributed by atoms with Gasteiger partial charge in [0.2, 0.25) is 0 Å². The van der Waals surface area contributed by atoms with E-state index in [1.165, 1.54) is 25.1 Å². The Morgan fingerprint density at radius 1 is 1.52 bits per heavy atom. The summed E-state index contributed by atoms with van der Waals surface area (Å²) in [6.07, 6.45) is 4.50. The van der Waals surface area contributed by atoms with Gasteiger partial charge in [-0.15, -0.1) is 6.58 Å². The van der Waals surface area contributed by atoms with Gasteiger partial charge in [-0.3, -0.25) is 4.79 Å². The Kier molecular flexibility index (Phi) is 4.06. The van der Waals surface area contributed by atoms with Gasteiger partial charge in [-0.1, -0.05) is 12.1 Å². The van der Waals surface area contributed by atoms with Gasteiger partial charge in [-0.25, -0.2) is 4.39 Å². The van der Waals surface area contributed by atoms with E-state index in [9.17, 15) is 9.18 Å². The average Bonchev–Trinajstić information content (AvgIpc) is 2.53. The zero-order valence-electron chi connectivity index (χ0n) is 12.1. The minimum Gasteiger partial charge on any atom is -0.346 e. The van der Waals surface area contributed by atoms with Crippen molar-refractivity contribution >= 4 is 5.91 Å². The molecule has 4 heteroatoms. The van der Waals surface area contributed by atoms with Gasteiger partial charge in [-0.05, 0) is 24.1 Å². The standard InChI is InChI=1S/C17H21FN2O/c1-2-12-11-20-7-6-13(12)9-16(20)10-19-17(21)14-4-3-5-15(18)8-14/h2-5,8,12-13,16H,1,6-7,9-11H2,(H,19,21)/p+1/t12-,13-,16+/m0/s1. The Morgan fingerprint density at radius 2 is 2.38 bits per heavy atom. The topological polar surface area (TPSA) is 33.5 Å². The lowest BCUT2D eigenvalue weighted by Gasteiger charge is -2.46. The second-order valence-corrected chi connectivity index (χ2v) is 6.21. The number of quaternary nitrogens is 1. The smallest absolute Gasteiger partial charge is 0.251 e. The molecule has 3 nitrogen and oxygen atoms in total. The number of rotatable bonds is 4. The fraction of sp³-hybridized carbons (Fsp3) is 0.471. The van der Waals surface area contributed by atoms with Gasteiger partial charge in [0, 0.05) is 24.3 Å². The third-order valence-corrected chi connectivity index (χ3v) is 5.00. The van der Waals surface area contributed by atoms with Crippen LogP contribution in [0.5, 0.6) is 0 Å². The van der Waals surface area contributed by atoms with Crippen molar-refractivity contribution in [2.24, 2.45) is 11.8 Å². The van der Waals surface area contributed by atoms with Gasteiger partial charge in [0.25, 0.3) is 5.91 Å². The summed E-state index contributed by atoms with van der Waals surface area (Å²) in [5.41, 5.74) is 0.393. The van der Waals surface area contributed by atoms with Crippen LogP contribution in [0.3, 0.4) is 0 Å². The van der Waals surface area contributed by atoms with Gasteiger partial charge >= 0.3 is 0 Å². The average molecular weight is 289 g/mol. The third kappa shape index (κ3) is 3.00. The number of halogens is 1. The van der Waals surface area contributed by atoms with Crippen molar-refractivity contribution in [3.05, 3.63) is 48.3 Å². The van der Waals surface area contributed by atoms with Crippen molar-refractivity contribution in [2.45, 2.75) is 18.9 Å². The van der Waals surface area contributed by atoms with E-state index in [-0.39, 0.29) is 11.7 Å². The van der Waals surface area contributed by atoms with Crippen LogP contribution in [0.1, 0.15) is 23.2 Å².